The van der Waals surface area contributed by atoms with Gasteiger partial charge in [0.2, 0.25) is 0 Å². The zero-order valence-corrected chi connectivity index (χ0v) is 18.1. The number of fused-ring (bicyclic) bond motifs is 2. The average Bonchev–Trinajstić information content (AvgIpc) is 3.35. The molecule has 0 radical (unpaired) electrons. The molecule has 0 bridgehead atoms. The molecule has 1 amide bonds. The molecule has 4 heterocycles. The normalized spacial score (nSPS) is 20.2. The van der Waals surface area contributed by atoms with Crippen molar-refractivity contribution in [3.05, 3.63) is 55.1 Å². The van der Waals surface area contributed by atoms with Crippen molar-refractivity contribution >= 4 is 33.5 Å². The summed E-state index contributed by atoms with van der Waals surface area (Å²) in [4.78, 5) is 36.3. The van der Waals surface area contributed by atoms with E-state index >= 15 is 0 Å². The molecule has 0 aromatic carbocycles. The Morgan fingerprint density at radius 1 is 1.24 bits per heavy atom. The minimum atomic E-state index is -0.0309. The summed E-state index contributed by atoms with van der Waals surface area (Å²) >= 11 is 3.23. The highest BCUT2D eigenvalue weighted by atomic mass is 32.1. The van der Waals surface area contributed by atoms with Gasteiger partial charge in [-0.25, -0.2) is 4.98 Å². The van der Waals surface area contributed by atoms with E-state index in [2.05, 4.69) is 22.2 Å². The number of piperazine rings is 1. The van der Waals surface area contributed by atoms with Crippen LogP contribution in [-0.2, 0) is 19.4 Å². The van der Waals surface area contributed by atoms with E-state index < -0.39 is 0 Å². The van der Waals surface area contributed by atoms with Gasteiger partial charge in [-0.1, -0.05) is 6.92 Å². The van der Waals surface area contributed by atoms with Crippen LogP contribution in [-0.4, -0.2) is 51.3 Å². The Morgan fingerprint density at radius 3 is 2.90 bits per heavy atom. The number of amides is 1. The second kappa shape index (κ2) is 7.66. The first-order chi connectivity index (χ1) is 14.1. The zero-order chi connectivity index (χ0) is 20.0. The van der Waals surface area contributed by atoms with Crippen molar-refractivity contribution in [1.82, 2.24) is 19.2 Å². The summed E-state index contributed by atoms with van der Waals surface area (Å²) < 4.78 is 1.58. The number of thiophene rings is 1. The zero-order valence-electron chi connectivity index (χ0n) is 16.5. The van der Waals surface area contributed by atoms with Crippen LogP contribution >= 0.6 is 22.7 Å². The van der Waals surface area contributed by atoms with Crippen molar-refractivity contribution in [2.24, 2.45) is 5.92 Å². The van der Waals surface area contributed by atoms with E-state index in [1.54, 1.807) is 28.0 Å². The molecule has 3 aromatic heterocycles. The Labute approximate surface area is 177 Å². The Bertz CT molecular complexity index is 1110. The Balaban J connectivity index is 1.23. The minimum Gasteiger partial charge on any atom is -0.336 e. The van der Waals surface area contributed by atoms with Crippen molar-refractivity contribution in [2.45, 2.75) is 32.7 Å². The maximum absolute atomic E-state index is 13.1. The molecule has 0 N–H and O–H groups in total. The van der Waals surface area contributed by atoms with Crippen LogP contribution in [0.3, 0.4) is 0 Å². The van der Waals surface area contributed by atoms with Crippen LogP contribution < -0.4 is 5.56 Å². The third-order valence-electron chi connectivity index (χ3n) is 6.03. The van der Waals surface area contributed by atoms with Gasteiger partial charge in [-0.05, 0) is 30.7 Å². The SMILES string of the molecule is C[C@H]1CCc2c(C(=O)N3CCN(Cc4cc(=O)n5ccsc5n4)CC3)csc2C1. The number of carbonyl (C=O) groups is 1. The van der Waals surface area contributed by atoms with Crippen LogP contribution in [0.4, 0.5) is 0 Å². The van der Waals surface area contributed by atoms with Crippen molar-refractivity contribution in [3.63, 3.8) is 0 Å². The summed E-state index contributed by atoms with van der Waals surface area (Å²) in [5, 5.41) is 3.95. The highest BCUT2D eigenvalue weighted by molar-refractivity contribution is 7.15. The summed E-state index contributed by atoms with van der Waals surface area (Å²) in [5.74, 6) is 0.913. The van der Waals surface area contributed by atoms with E-state index in [-0.39, 0.29) is 11.5 Å². The molecule has 6 nitrogen and oxygen atoms in total. The highest BCUT2D eigenvalue weighted by Gasteiger charge is 2.28. The molecule has 0 spiro atoms. The lowest BCUT2D eigenvalue weighted by Crippen LogP contribution is -2.48. The third kappa shape index (κ3) is 3.65. The van der Waals surface area contributed by atoms with Gasteiger partial charge in [-0.2, -0.15) is 0 Å². The number of aromatic nitrogens is 2. The number of rotatable bonds is 3. The van der Waals surface area contributed by atoms with Gasteiger partial charge in [0.1, 0.15) is 0 Å². The van der Waals surface area contributed by atoms with E-state index in [1.165, 1.54) is 28.2 Å². The molecule has 1 saturated heterocycles. The quantitative estimate of drug-likeness (QED) is 0.644. The predicted molar refractivity (Wildman–Crippen MR) is 116 cm³/mol. The van der Waals surface area contributed by atoms with Crippen molar-refractivity contribution in [3.8, 4) is 0 Å². The van der Waals surface area contributed by atoms with E-state index in [1.807, 2.05) is 10.3 Å². The fourth-order valence-corrected chi connectivity index (χ4v) is 6.31. The molecular weight excluding hydrogens is 404 g/mol. The number of carbonyl (C=O) groups excluding carboxylic acids is 1. The lowest BCUT2D eigenvalue weighted by atomic mass is 9.88. The molecular formula is C21H24N4O2S2. The summed E-state index contributed by atoms with van der Waals surface area (Å²) in [7, 11) is 0. The van der Waals surface area contributed by atoms with E-state index in [9.17, 15) is 9.59 Å². The van der Waals surface area contributed by atoms with Crippen LogP contribution in [0, 0.1) is 5.92 Å². The van der Waals surface area contributed by atoms with E-state index in [4.69, 9.17) is 0 Å². The molecule has 8 heteroatoms. The smallest absolute Gasteiger partial charge is 0.258 e. The maximum atomic E-state index is 13.1. The number of hydrogen-bond donors (Lipinski definition) is 0. The molecule has 1 fully saturated rings. The molecule has 2 aliphatic rings. The van der Waals surface area contributed by atoms with Gasteiger partial charge in [-0.3, -0.25) is 18.9 Å². The second-order valence-electron chi connectivity index (χ2n) is 8.11. The van der Waals surface area contributed by atoms with Gasteiger partial charge in [0.15, 0.2) is 4.96 Å². The highest BCUT2D eigenvalue weighted by Crippen LogP contribution is 2.33. The summed E-state index contributed by atoms with van der Waals surface area (Å²) in [6.07, 6.45) is 5.09. The van der Waals surface area contributed by atoms with Gasteiger partial charge >= 0.3 is 0 Å². The lowest BCUT2D eigenvalue weighted by Gasteiger charge is -2.34. The Hall–Kier alpha value is -2.03. The first kappa shape index (κ1) is 19.0. The Kier molecular flexibility index (Phi) is 5.01. The van der Waals surface area contributed by atoms with E-state index in [0.717, 1.165) is 61.2 Å². The van der Waals surface area contributed by atoms with Gasteiger partial charge in [-0.15, -0.1) is 22.7 Å². The second-order valence-corrected chi connectivity index (χ2v) is 9.95. The van der Waals surface area contributed by atoms with E-state index in [0.29, 0.717) is 6.54 Å². The van der Waals surface area contributed by atoms with Crippen LogP contribution in [0.25, 0.3) is 4.96 Å². The number of thiazole rings is 1. The van der Waals surface area contributed by atoms with Crippen LogP contribution in [0.1, 0.15) is 39.8 Å². The fourth-order valence-electron chi connectivity index (χ4n) is 4.33. The molecule has 1 atom stereocenters. The minimum absolute atomic E-state index is 0.0309. The van der Waals surface area contributed by atoms with Crippen molar-refractivity contribution < 1.29 is 4.79 Å². The Morgan fingerprint density at radius 2 is 2.07 bits per heavy atom. The monoisotopic (exact) mass is 428 g/mol. The fraction of sp³-hybridized carbons (Fsp3) is 0.476. The first-order valence-electron chi connectivity index (χ1n) is 10.1. The van der Waals surface area contributed by atoms with Crippen LogP contribution in [0.15, 0.2) is 27.8 Å². The van der Waals surface area contributed by atoms with Crippen molar-refractivity contribution in [2.75, 3.05) is 26.2 Å². The first-order valence-corrected chi connectivity index (χ1v) is 11.9. The summed E-state index contributed by atoms with van der Waals surface area (Å²) in [5.41, 5.74) is 3.01. The average molecular weight is 429 g/mol. The molecule has 1 aliphatic heterocycles. The third-order valence-corrected chi connectivity index (χ3v) is 7.84. The molecule has 0 saturated carbocycles. The van der Waals surface area contributed by atoms with Crippen molar-refractivity contribution in [1.29, 1.82) is 0 Å². The van der Waals surface area contributed by atoms with Gasteiger partial charge in [0, 0.05) is 60.6 Å². The molecule has 152 valence electrons. The number of hydrogen-bond acceptors (Lipinski definition) is 6. The molecule has 1 aliphatic carbocycles. The number of nitrogens with zero attached hydrogens (tertiary/aromatic N) is 4. The lowest BCUT2D eigenvalue weighted by molar-refractivity contribution is 0.0626. The maximum Gasteiger partial charge on any atom is 0.258 e. The molecule has 5 rings (SSSR count). The standard InChI is InChI=1S/C21H24N4O2S2/c1-14-2-3-16-17(13-29-18(16)10-14)20(27)24-6-4-23(5-7-24)12-15-11-19(26)25-8-9-28-21(25)22-15/h8-9,11,13-14H,2-7,10,12H2,1H3/t14-/m0/s1. The topological polar surface area (TPSA) is 57.9 Å². The predicted octanol–water partition coefficient (Wildman–Crippen LogP) is 2.90. The van der Waals surface area contributed by atoms with Gasteiger partial charge < -0.3 is 4.90 Å². The largest absolute Gasteiger partial charge is 0.336 e. The van der Waals surface area contributed by atoms with Crippen LogP contribution in [0.2, 0.25) is 0 Å². The van der Waals surface area contributed by atoms with Crippen LogP contribution in [0.5, 0.6) is 0 Å². The summed E-state index contributed by atoms with van der Waals surface area (Å²) in [6, 6.07) is 1.62. The van der Waals surface area contributed by atoms with Gasteiger partial charge in [0.05, 0.1) is 11.3 Å². The molecule has 29 heavy (non-hydrogen) atoms. The molecule has 3 aromatic rings. The summed E-state index contributed by atoms with van der Waals surface area (Å²) in [6.45, 7) is 6.00. The molecule has 0 unspecified atom stereocenters. The van der Waals surface area contributed by atoms with Gasteiger partial charge in [0.25, 0.3) is 11.5 Å².